The van der Waals surface area contributed by atoms with Crippen molar-refractivity contribution in [1.82, 2.24) is 19.9 Å². The molecule has 0 saturated carbocycles. The minimum absolute atomic E-state index is 0. The van der Waals surface area contributed by atoms with Crippen LogP contribution >= 0.6 is 36.2 Å². The van der Waals surface area contributed by atoms with Gasteiger partial charge in [0.25, 0.3) is 0 Å². The summed E-state index contributed by atoms with van der Waals surface area (Å²) in [4.78, 5) is 16.8. The predicted octanol–water partition coefficient (Wildman–Crippen LogP) is 3.95. The highest BCUT2D eigenvalue weighted by molar-refractivity contribution is 7.09. The third-order valence-electron chi connectivity index (χ3n) is 4.27. The number of nitrogens with zero attached hydrogens (tertiary/aromatic N) is 4. The lowest BCUT2D eigenvalue weighted by atomic mass is 9.97. The van der Waals surface area contributed by atoms with Crippen LogP contribution in [0.25, 0.3) is 0 Å². The molecule has 3 aromatic heterocycles. The number of anilines is 1. The molecule has 0 unspecified atom stereocenters. The molecule has 138 valence electrons. The quantitative estimate of drug-likeness (QED) is 0.691. The molecule has 1 aliphatic heterocycles. The van der Waals surface area contributed by atoms with E-state index in [9.17, 15) is 0 Å². The summed E-state index contributed by atoms with van der Waals surface area (Å²) in [5, 5.41) is 5.43. The summed E-state index contributed by atoms with van der Waals surface area (Å²) in [6, 6.07) is 6.15. The van der Waals surface area contributed by atoms with E-state index in [0.717, 1.165) is 26.1 Å². The van der Waals surface area contributed by atoms with Crippen LogP contribution in [-0.4, -0.2) is 26.4 Å². The average Bonchev–Trinajstić information content (AvgIpc) is 3.13. The summed E-state index contributed by atoms with van der Waals surface area (Å²) < 4.78 is 0. The zero-order chi connectivity index (χ0) is 16.2. The fourth-order valence-corrected chi connectivity index (χ4v) is 3.85. The van der Waals surface area contributed by atoms with Gasteiger partial charge < -0.3 is 5.32 Å². The van der Waals surface area contributed by atoms with E-state index in [0.29, 0.717) is 12.5 Å². The van der Waals surface area contributed by atoms with Crippen molar-refractivity contribution in [2.45, 2.75) is 26.1 Å². The second-order valence-electron chi connectivity index (χ2n) is 5.90. The number of rotatable bonds is 5. The first kappa shape index (κ1) is 20.6. The van der Waals surface area contributed by atoms with Crippen LogP contribution in [0.15, 0.2) is 48.4 Å². The van der Waals surface area contributed by atoms with Crippen molar-refractivity contribution in [3.63, 3.8) is 0 Å². The summed E-state index contributed by atoms with van der Waals surface area (Å²) in [7, 11) is 0. The first-order valence-corrected chi connectivity index (χ1v) is 8.97. The van der Waals surface area contributed by atoms with E-state index >= 15 is 0 Å². The monoisotopic (exact) mass is 409 g/mol. The zero-order valence-corrected chi connectivity index (χ0v) is 16.6. The van der Waals surface area contributed by atoms with Crippen LogP contribution in [0.4, 0.5) is 5.95 Å². The molecule has 0 aromatic carbocycles. The van der Waals surface area contributed by atoms with Gasteiger partial charge in [0.1, 0.15) is 0 Å². The molecule has 8 heteroatoms. The van der Waals surface area contributed by atoms with Gasteiger partial charge in [0.15, 0.2) is 0 Å². The van der Waals surface area contributed by atoms with Crippen LogP contribution in [0.5, 0.6) is 0 Å². The molecule has 5 nitrogen and oxygen atoms in total. The van der Waals surface area contributed by atoms with Crippen molar-refractivity contribution in [2.24, 2.45) is 0 Å². The van der Waals surface area contributed by atoms with Gasteiger partial charge in [0.05, 0.1) is 0 Å². The van der Waals surface area contributed by atoms with Crippen molar-refractivity contribution in [3.8, 4) is 0 Å². The van der Waals surface area contributed by atoms with E-state index in [4.69, 9.17) is 0 Å². The number of fused-ring (bicyclic) bond motifs is 1. The Labute approximate surface area is 169 Å². The van der Waals surface area contributed by atoms with Gasteiger partial charge in [-0.15, -0.1) is 36.2 Å². The normalized spacial score (nSPS) is 13.2. The third-order valence-corrected chi connectivity index (χ3v) is 5.13. The smallest absolute Gasteiger partial charge is 0.222 e. The van der Waals surface area contributed by atoms with Crippen LogP contribution in [0.2, 0.25) is 0 Å². The number of aromatic nitrogens is 3. The van der Waals surface area contributed by atoms with E-state index in [2.05, 4.69) is 42.7 Å². The molecule has 1 aliphatic rings. The molecule has 3 aromatic rings. The standard InChI is InChI=1S/C18H19N5S.2ClH/c1-3-16(24-8-1)13-23-7-4-17-14(9-19-10-15(17)12-23)11-22-18-20-5-2-6-21-18;;/h1-3,5-6,8-10H,4,7,11-13H2,(H,20,21,22);2*1H. The molecule has 4 rings (SSSR count). The van der Waals surface area contributed by atoms with Crippen molar-refractivity contribution < 1.29 is 0 Å². The molecule has 1 N–H and O–H groups in total. The molecule has 0 aliphatic carbocycles. The van der Waals surface area contributed by atoms with Crippen LogP contribution < -0.4 is 5.32 Å². The molecule has 0 saturated heterocycles. The Bertz CT molecular complexity index is 799. The largest absolute Gasteiger partial charge is 0.350 e. The molecule has 26 heavy (non-hydrogen) atoms. The Morgan fingerprint density at radius 1 is 1.12 bits per heavy atom. The molecular formula is C18H21Cl2N5S. The van der Waals surface area contributed by atoms with E-state index in [-0.39, 0.29) is 24.8 Å². The van der Waals surface area contributed by atoms with E-state index in [1.54, 1.807) is 12.4 Å². The van der Waals surface area contributed by atoms with Gasteiger partial charge in [-0.3, -0.25) is 9.88 Å². The van der Waals surface area contributed by atoms with Crippen LogP contribution in [0.3, 0.4) is 0 Å². The van der Waals surface area contributed by atoms with Gasteiger partial charge in [-0.2, -0.15) is 0 Å². The predicted molar refractivity (Wildman–Crippen MR) is 110 cm³/mol. The number of hydrogen-bond acceptors (Lipinski definition) is 6. The summed E-state index contributed by atoms with van der Waals surface area (Å²) in [5.41, 5.74) is 4.01. The van der Waals surface area contributed by atoms with Gasteiger partial charge in [-0.1, -0.05) is 6.07 Å². The molecule has 0 spiro atoms. The lowest BCUT2D eigenvalue weighted by Gasteiger charge is -2.29. The molecule has 4 heterocycles. The number of hydrogen-bond donors (Lipinski definition) is 1. The Morgan fingerprint density at radius 3 is 2.73 bits per heavy atom. The first-order valence-electron chi connectivity index (χ1n) is 8.09. The molecule has 0 atom stereocenters. The van der Waals surface area contributed by atoms with E-state index in [1.807, 2.05) is 29.8 Å². The topological polar surface area (TPSA) is 53.9 Å². The zero-order valence-electron chi connectivity index (χ0n) is 14.2. The molecule has 0 amide bonds. The number of pyridine rings is 1. The lowest BCUT2D eigenvalue weighted by molar-refractivity contribution is 0.247. The molecule has 0 bridgehead atoms. The Morgan fingerprint density at radius 2 is 1.96 bits per heavy atom. The molecular weight excluding hydrogens is 389 g/mol. The minimum atomic E-state index is 0. The van der Waals surface area contributed by atoms with Crippen LogP contribution in [0.1, 0.15) is 21.6 Å². The number of thiophene rings is 1. The highest BCUT2D eigenvalue weighted by Gasteiger charge is 2.19. The highest BCUT2D eigenvalue weighted by Crippen LogP contribution is 2.24. The fourth-order valence-electron chi connectivity index (χ4n) is 3.10. The third kappa shape index (κ3) is 4.92. The van der Waals surface area contributed by atoms with Crippen LogP contribution in [-0.2, 0) is 26.1 Å². The SMILES string of the molecule is Cl.Cl.c1cnc(NCc2cncc3c2CCN(Cc2cccs2)C3)nc1. The van der Waals surface area contributed by atoms with Gasteiger partial charge in [-0.05, 0) is 40.6 Å². The Kier molecular flexibility index (Phi) is 7.78. The maximum Gasteiger partial charge on any atom is 0.222 e. The van der Waals surface area contributed by atoms with Crippen molar-refractivity contribution >= 4 is 42.1 Å². The summed E-state index contributed by atoms with van der Waals surface area (Å²) in [6.07, 6.45) is 8.53. The first-order chi connectivity index (χ1) is 11.9. The average molecular weight is 410 g/mol. The van der Waals surface area contributed by atoms with Crippen molar-refractivity contribution in [2.75, 3.05) is 11.9 Å². The van der Waals surface area contributed by atoms with Gasteiger partial charge in [0.2, 0.25) is 5.95 Å². The maximum atomic E-state index is 4.44. The summed E-state index contributed by atoms with van der Waals surface area (Å²) in [6.45, 7) is 3.79. The lowest BCUT2D eigenvalue weighted by Crippen LogP contribution is -2.30. The van der Waals surface area contributed by atoms with Gasteiger partial charge in [-0.25, -0.2) is 9.97 Å². The highest BCUT2D eigenvalue weighted by atomic mass is 35.5. The van der Waals surface area contributed by atoms with Gasteiger partial charge >= 0.3 is 0 Å². The summed E-state index contributed by atoms with van der Waals surface area (Å²) in [5.74, 6) is 0.658. The summed E-state index contributed by atoms with van der Waals surface area (Å²) >= 11 is 1.83. The van der Waals surface area contributed by atoms with E-state index < -0.39 is 0 Å². The molecule has 0 fully saturated rings. The van der Waals surface area contributed by atoms with Crippen molar-refractivity contribution in [1.29, 1.82) is 0 Å². The second kappa shape index (κ2) is 9.83. The van der Waals surface area contributed by atoms with Crippen LogP contribution in [0, 0.1) is 0 Å². The van der Waals surface area contributed by atoms with Gasteiger partial charge in [0, 0.05) is 55.8 Å². The minimum Gasteiger partial charge on any atom is -0.350 e. The maximum absolute atomic E-state index is 4.44. The Hall–Kier alpha value is -1.73. The van der Waals surface area contributed by atoms with Crippen molar-refractivity contribution in [3.05, 3.63) is 69.9 Å². The number of nitrogens with one attached hydrogen (secondary N) is 1. The Balaban J connectivity index is 0.00000121. The number of halogens is 2. The molecule has 0 radical (unpaired) electrons. The van der Waals surface area contributed by atoms with E-state index in [1.165, 1.54) is 21.6 Å². The fraction of sp³-hybridized carbons (Fsp3) is 0.278. The second-order valence-corrected chi connectivity index (χ2v) is 6.93.